The molecule has 0 radical (unpaired) electrons. The van der Waals surface area contributed by atoms with Crippen LogP contribution in [0.3, 0.4) is 0 Å². The zero-order valence-corrected chi connectivity index (χ0v) is 10.9. The maximum atomic E-state index is 12.8. The van der Waals surface area contributed by atoms with Gasteiger partial charge >= 0.3 is 0 Å². The molecule has 1 atom stereocenters. The number of carbonyl (C=O) groups excluding carboxylic acids is 1. The number of halogens is 2. The Morgan fingerprint density at radius 1 is 1.40 bits per heavy atom. The van der Waals surface area contributed by atoms with Gasteiger partial charge in [-0.2, -0.15) is 5.10 Å². The molecule has 0 saturated heterocycles. The third-order valence-electron chi connectivity index (χ3n) is 2.68. The molecule has 0 aliphatic rings. The first-order chi connectivity index (χ1) is 9.49. The number of aryl methyl sites for hydroxylation is 1. The molecule has 2 rings (SSSR count). The molecule has 0 bridgehead atoms. The third kappa shape index (κ3) is 2.95. The second-order valence-electron chi connectivity index (χ2n) is 4.23. The Kier molecular flexibility index (Phi) is 4.02. The second kappa shape index (κ2) is 5.72. The van der Waals surface area contributed by atoms with Crippen molar-refractivity contribution in [2.75, 3.05) is 0 Å². The molecule has 20 heavy (non-hydrogen) atoms. The van der Waals surface area contributed by atoms with Gasteiger partial charge in [0.05, 0.1) is 23.5 Å². The second-order valence-corrected chi connectivity index (χ2v) is 4.23. The highest BCUT2D eigenvalue weighted by molar-refractivity contribution is 5.95. The SMILES string of the molecule is CC(NC(=O)c1cn(C)nc1C(F)F)c1cnccn1. The molecule has 0 aliphatic carbocycles. The van der Waals surface area contributed by atoms with Gasteiger partial charge in [-0.3, -0.25) is 19.4 Å². The van der Waals surface area contributed by atoms with Crippen LogP contribution in [0.25, 0.3) is 0 Å². The number of carbonyl (C=O) groups is 1. The fourth-order valence-corrected chi connectivity index (χ4v) is 1.72. The fraction of sp³-hybridized carbons (Fsp3) is 0.333. The number of alkyl halides is 2. The Labute approximate surface area is 113 Å². The lowest BCUT2D eigenvalue weighted by atomic mass is 10.2. The number of nitrogens with zero attached hydrogens (tertiary/aromatic N) is 4. The van der Waals surface area contributed by atoms with Gasteiger partial charge in [-0.15, -0.1) is 0 Å². The molecule has 0 aromatic carbocycles. The minimum absolute atomic E-state index is 0.141. The Morgan fingerprint density at radius 3 is 2.75 bits per heavy atom. The number of hydrogen-bond acceptors (Lipinski definition) is 4. The molecule has 2 aromatic rings. The third-order valence-corrected chi connectivity index (χ3v) is 2.68. The highest BCUT2D eigenvalue weighted by atomic mass is 19.3. The molecule has 8 heteroatoms. The highest BCUT2D eigenvalue weighted by Gasteiger charge is 2.23. The summed E-state index contributed by atoms with van der Waals surface area (Å²) in [6.07, 6.45) is 2.96. The molecule has 1 N–H and O–H groups in total. The average Bonchev–Trinajstić information content (AvgIpc) is 2.82. The van der Waals surface area contributed by atoms with Crippen molar-refractivity contribution in [1.29, 1.82) is 0 Å². The van der Waals surface area contributed by atoms with Crippen LogP contribution >= 0.6 is 0 Å². The van der Waals surface area contributed by atoms with Gasteiger partial charge in [-0.25, -0.2) is 8.78 Å². The van der Waals surface area contributed by atoms with Gasteiger partial charge in [-0.05, 0) is 6.92 Å². The maximum absolute atomic E-state index is 12.8. The molecular weight excluding hydrogens is 268 g/mol. The Morgan fingerprint density at radius 2 is 2.15 bits per heavy atom. The normalized spacial score (nSPS) is 12.4. The van der Waals surface area contributed by atoms with E-state index in [2.05, 4.69) is 20.4 Å². The maximum Gasteiger partial charge on any atom is 0.282 e. The molecule has 2 aromatic heterocycles. The van der Waals surface area contributed by atoms with Crippen molar-refractivity contribution in [3.8, 4) is 0 Å². The van der Waals surface area contributed by atoms with Crippen molar-refractivity contribution in [2.45, 2.75) is 19.4 Å². The van der Waals surface area contributed by atoms with Gasteiger partial charge in [0, 0.05) is 25.6 Å². The van der Waals surface area contributed by atoms with Crippen molar-refractivity contribution in [2.24, 2.45) is 7.05 Å². The van der Waals surface area contributed by atoms with Crippen LogP contribution in [0, 0.1) is 0 Å². The summed E-state index contributed by atoms with van der Waals surface area (Å²) in [6, 6.07) is -0.443. The van der Waals surface area contributed by atoms with Crippen molar-refractivity contribution in [1.82, 2.24) is 25.1 Å². The van der Waals surface area contributed by atoms with Crippen LogP contribution in [0.5, 0.6) is 0 Å². The van der Waals surface area contributed by atoms with Gasteiger partial charge in [0.1, 0.15) is 5.69 Å². The van der Waals surface area contributed by atoms with Crippen LogP contribution in [0.2, 0.25) is 0 Å². The zero-order valence-electron chi connectivity index (χ0n) is 10.9. The molecule has 0 fully saturated rings. The highest BCUT2D eigenvalue weighted by Crippen LogP contribution is 2.21. The minimum atomic E-state index is -2.80. The van der Waals surface area contributed by atoms with Crippen LogP contribution < -0.4 is 5.32 Å². The van der Waals surface area contributed by atoms with Crippen molar-refractivity contribution < 1.29 is 13.6 Å². The number of rotatable bonds is 4. The van der Waals surface area contributed by atoms with Crippen LogP contribution in [0.1, 0.15) is 41.1 Å². The Hall–Kier alpha value is -2.38. The lowest BCUT2D eigenvalue weighted by Gasteiger charge is -2.12. The number of nitrogens with one attached hydrogen (secondary N) is 1. The van der Waals surface area contributed by atoms with Crippen LogP contribution in [0.4, 0.5) is 8.78 Å². The lowest BCUT2D eigenvalue weighted by Crippen LogP contribution is -2.27. The van der Waals surface area contributed by atoms with Crippen LogP contribution in [-0.4, -0.2) is 25.7 Å². The number of amides is 1. The molecule has 106 valence electrons. The minimum Gasteiger partial charge on any atom is -0.344 e. The molecule has 0 saturated carbocycles. The summed E-state index contributed by atoms with van der Waals surface area (Å²) in [6.45, 7) is 1.69. The first-order valence-corrected chi connectivity index (χ1v) is 5.87. The zero-order chi connectivity index (χ0) is 14.7. The van der Waals surface area contributed by atoms with E-state index in [1.54, 1.807) is 6.92 Å². The average molecular weight is 281 g/mol. The molecule has 1 unspecified atom stereocenters. The summed E-state index contributed by atoms with van der Waals surface area (Å²) in [5.74, 6) is -0.619. The van der Waals surface area contributed by atoms with E-state index >= 15 is 0 Å². The predicted octanol–water partition coefficient (Wildman–Crippen LogP) is 1.64. The first kappa shape index (κ1) is 14.0. The van der Waals surface area contributed by atoms with Gasteiger partial charge in [-0.1, -0.05) is 0 Å². The molecular formula is C12H13F2N5O. The van der Waals surface area contributed by atoms with Gasteiger partial charge in [0.25, 0.3) is 12.3 Å². The van der Waals surface area contributed by atoms with Crippen molar-refractivity contribution >= 4 is 5.91 Å². The first-order valence-electron chi connectivity index (χ1n) is 5.87. The summed E-state index contributed by atoms with van der Waals surface area (Å²) in [7, 11) is 1.48. The van der Waals surface area contributed by atoms with E-state index in [0.717, 1.165) is 0 Å². The standard InChI is InChI=1S/C12H13F2N5O/c1-7(9-5-15-3-4-16-9)17-12(20)8-6-19(2)18-10(8)11(13)14/h3-7,11H,1-2H3,(H,17,20). The predicted molar refractivity (Wildman–Crippen MR) is 66.1 cm³/mol. The summed E-state index contributed by atoms with van der Waals surface area (Å²) in [5, 5.41) is 6.18. The van der Waals surface area contributed by atoms with Crippen molar-refractivity contribution in [3.63, 3.8) is 0 Å². The van der Waals surface area contributed by atoms with E-state index in [4.69, 9.17) is 0 Å². The molecule has 2 heterocycles. The monoisotopic (exact) mass is 281 g/mol. The smallest absolute Gasteiger partial charge is 0.282 e. The lowest BCUT2D eigenvalue weighted by molar-refractivity contribution is 0.0924. The van der Waals surface area contributed by atoms with E-state index in [-0.39, 0.29) is 5.56 Å². The van der Waals surface area contributed by atoms with Gasteiger partial charge in [0.15, 0.2) is 0 Å². The Bertz CT molecular complexity index is 599. The quantitative estimate of drug-likeness (QED) is 0.924. The molecule has 0 spiro atoms. The molecule has 6 nitrogen and oxygen atoms in total. The summed E-state index contributed by atoms with van der Waals surface area (Å²) in [5.41, 5.74) is -0.127. The fourth-order valence-electron chi connectivity index (χ4n) is 1.72. The van der Waals surface area contributed by atoms with E-state index in [9.17, 15) is 13.6 Å². The summed E-state index contributed by atoms with van der Waals surface area (Å²) >= 11 is 0. The summed E-state index contributed by atoms with van der Waals surface area (Å²) < 4.78 is 26.8. The van der Waals surface area contributed by atoms with Crippen molar-refractivity contribution in [3.05, 3.63) is 41.7 Å². The largest absolute Gasteiger partial charge is 0.344 e. The summed E-state index contributed by atoms with van der Waals surface area (Å²) in [4.78, 5) is 19.9. The van der Waals surface area contributed by atoms with E-state index in [1.165, 1.54) is 36.5 Å². The van der Waals surface area contributed by atoms with Crippen LogP contribution in [-0.2, 0) is 7.05 Å². The topological polar surface area (TPSA) is 72.7 Å². The van der Waals surface area contributed by atoms with Gasteiger partial charge in [0.2, 0.25) is 0 Å². The number of aromatic nitrogens is 4. The Balaban J connectivity index is 2.16. The number of hydrogen-bond donors (Lipinski definition) is 1. The molecule has 1 amide bonds. The van der Waals surface area contributed by atoms with E-state index in [1.807, 2.05) is 0 Å². The van der Waals surface area contributed by atoms with E-state index < -0.39 is 24.1 Å². The van der Waals surface area contributed by atoms with Gasteiger partial charge < -0.3 is 5.32 Å². The molecule has 0 aliphatic heterocycles. The van der Waals surface area contributed by atoms with E-state index in [0.29, 0.717) is 5.69 Å². The van der Waals surface area contributed by atoms with Crippen LogP contribution in [0.15, 0.2) is 24.8 Å².